The lowest BCUT2D eigenvalue weighted by Gasteiger charge is -2.31. The number of hydrogen-bond acceptors (Lipinski definition) is 5. The Kier molecular flexibility index (Phi) is 4.70. The van der Waals surface area contributed by atoms with Gasteiger partial charge in [0.15, 0.2) is 7.85 Å². The van der Waals surface area contributed by atoms with Gasteiger partial charge in [-0.05, 0) is 18.4 Å². The molecule has 1 aliphatic heterocycles. The van der Waals surface area contributed by atoms with Gasteiger partial charge in [0.05, 0.1) is 0 Å². The van der Waals surface area contributed by atoms with Gasteiger partial charge in [-0.15, -0.1) is 0 Å². The molecule has 0 unspecified atom stereocenters. The summed E-state index contributed by atoms with van der Waals surface area (Å²) in [6.07, 6.45) is 5.18. The highest BCUT2D eigenvalue weighted by molar-refractivity contribution is 6.36. The van der Waals surface area contributed by atoms with E-state index in [2.05, 4.69) is 4.98 Å². The Bertz CT molecular complexity index is 959. The van der Waals surface area contributed by atoms with Gasteiger partial charge < -0.3 is 15.4 Å². The van der Waals surface area contributed by atoms with E-state index >= 15 is 0 Å². The number of carbonyl (C=O) groups is 1. The lowest BCUT2D eigenvalue weighted by molar-refractivity contribution is 0.0853. The third-order valence-corrected chi connectivity index (χ3v) is 5.03. The minimum Gasteiger partial charge on any atom is -0.445 e. The topological polar surface area (TPSA) is 85.8 Å². The molecule has 0 saturated carbocycles. The zero-order valence-electron chi connectivity index (χ0n) is 15.3. The third-order valence-electron chi connectivity index (χ3n) is 5.03. The summed E-state index contributed by atoms with van der Waals surface area (Å²) in [5.74, 6) is 1.55. The summed E-state index contributed by atoms with van der Waals surface area (Å²) in [6.45, 7) is 1.58. The van der Waals surface area contributed by atoms with Gasteiger partial charge in [0.1, 0.15) is 23.8 Å². The summed E-state index contributed by atoms with van der Waals surface area (Å²) in [5, 5.41) is 0. The first-order valence-electron chi connectivity index (χ1n) is 9.18. The second kappa shape index (κ2) is 7.30. The highest BCUT2D eigenvalue weighted by Gasteiger charge is 2.29. The maximum Gasteiger partial charge on any atom is 0.410 e. The van der Waals surface area contributed by atoms with Crippen LogP contribution in [0.3, 0.4) is 0 Å². The van der Waals surface area contributed by atoms with Crippen LogP contribution in [0.25, 0.3) is 5.52 Å². The monoisotopic (exact) mass is 363 g/mol. The molecule has 0 bridgehead atoms. The smallest absolute Gasteiger partial charge is 0.410 e. The Balaban J connectivity index is 1.48. The van der Waals surface area contributed by atoms with Gasteiger partial charge >= 0.3 is 6.09 Å². The number of benzene rings is 1. The van der Waals surface area contributed by atoms with Crippen LogP contribution in [0.1, 0.15) is 30.1 Å². The summed E-state index contributed by atoms with van der Waals surface area (Å²) in [7, 11) is 1.94. The van der Waals surface area contributed by atoms with Crippen molar-refractivity contribution in [3.63, 3.8) is 0 Å². The minimum atomic E-state index is -0.276. The molecular formula is C19H22BN5O2. The molecule has 1 aromatic carbocycles. The average Bonchev–Trinajstić information content (AvgIpc) is 3.05. The van der Waals surface area contributed by atoms with E-state index in [0.717, 1.165) is 35.3 Å². The van der Waals surface area contributed by atoms with Gasteiger partial charge in [0.2, 0.25) is 0 Å². The van der Waals surface area contributed by atoms with Crippen molar-refractivity contribution in [2.45, 2.75) is 25.4 Å². The summed E-state index contributed by atoms with van der Waals surface area (Å²) < 4.78 is 7.49. The molecule has 27 heavy (non-hydrogen) atoms. The summed E-state index contributed by atoms with van der Waals surface area (Å²) in [4.78, 5) is 23.2. The zero-order valence-corrected chi connectivity index (χ0v) is 15.3. The van der Waals surface area contributed by atoms with Gasteiger partial charge in [-0.2, -0.15) is 0 Å². The average molecular weight is 363 g/mol. The van der Waals surface area contributed by atoms with Gasteiger partial charge in [0.25, 0.3) is 0 Å². The number of amides is 1. The minimum absolute atomic E-state index is 0.144. The number of aromatic nitrogens is 3. The largest absolute Gasteiger partial charge is 0.445 e. The molecule has 1 saturated heterocycles. The molecule has 8 heteroatoms. The van der Waals surface area contributed by atoms with E-state index in [0.29, 0.717) is 18.9 Å². The maximum atomic E-state index is 12.5. The summed E-state index contributed by atoms with van der Waals surface area (Å²) in [6, 6.07) is 9.72. The Morgan fingerprint density at radius 3 is 2.96 bits per heavy atom. The number of piperidine rings is 1. The molecule has 0 spiro atoms. The molecule has 0 aliphatic carbocycles. The van der Waals surface area contributed by atoms with Crippen LogP contribution in [-0.2, 0) is 11.3 Å². The molecule has 1 atom stereocenters. The second-order valence-electron chi connectivity index (χ2n) is 6.91. The highest BCUT2D eigenvalue weighted by atomic mass is 16.6. The van der Waals surface area contributed by atoms with Crippen LogP contribution in [0.2, 0.25) is 0 Å². The van der Waals surface area contributed by atoms with Gasteiger partial charge in [-0.3, -0.25) is 4.40 Å². The molecule has 3 aromatic rings. The van der Waals surface area contributed by atoms with Crippen LogP contribution in [0, 0.1) is 0 Å². The molecule has 1 fully saturated rings. The SMILES string of the molecule is Bc1nc([C@@H]2CCCN(C(=O)OCc3ccccc3)C2)n2ccnc(N)c12. The molecule has 1 aliphatic rings. The van der Waals surface area contributed by atoms with E-state index in [4.69, 9.17) is 15.5 Å². The normalized spacial score (nSPS) is 17.2. The number of likely N-dealkylation sites (tertiary alicyclic amines) is 1. The van der Waals surface area contributed by atoms with Crippen LogP contribution in [-0.4, -0.2) is 46.3 Å². The predicted molar refractivity (Wildman–Crippen MR) is 106 cm³/mol. The zero-order chi connectivity index (χ0) is 18.8. The molecular weight excluding hydrogens is 341 g/mol. The Labute approximate surface area is 158 Å². The molecule has 1 amide bonds. The Morgan fingerprint density at radius 1 is 1.33 bits per heavy atom. The highest BCUT2D eigenvalue weighted by Crippen LogP contribution is 2.27. The number of carbonyl (C=O) groups excluding carboxylic acids is 1. The number of ether oxygens (including phenoxy) is 1. The van der Waals surface area contributed by atoms with Crippen LogP contribution in [0.4, 0.5) is 10.6 Å². The van der Waals surface area contributed by atoms with Crippen molar-refractivity contribution in [1.29, 1.82) is 0 Å². The standard InChI is InChI=1S/C19H22BN5O2/c20-16-15-17(21)22-8-10-25(15)18(23-16)14-7-4-9-24(11-14)19(26)27-12-13-5-2-1-3-6-13/h1-3,5-6,8,10,14H,4,7,9,11-12,20H2,(H2,21,22)/t14-/m1/s1. The lowest BCUT2D eigenvalue weighted by Crippen LogP contribution is -2.39. The first-order valence-corrected chi connectivity index (χ1v) is 9.18. The number of nitrogens with zero attached hydrogens (tertiary/aromatic N) is 4. The van der Waals surface area contributed by atoms with Gasteiger partial charge in [0, 0.05) is 37.0 Å². The van der Waals surface area contributed by atoms with Crippen LogP contribution in [0.5, 0.6) is 0 Å². The maximum absolute atomic E-state index is 12.5. The van der Waals surface area contributed by atoms with E-state index in [9.17, 15) is 4.79 Å². The van der Waals surface area contributed by atoms with Crippen molar-refractivity contribution in [2.75, 3.05) is 18.8 Å². The van der Waals surface area contributed by atoms with Crippen molar-refractivity contribution in [3.8, 4) is 0 Å². The molecule has 2 aromatic heterocycles. The molecule has 138 valence electrons. The van der Waals surface area contributed by atoms with Crippen molar-refractivity contribution < 1.29 is 9.53 Å². The van der Waals surface area contributed by atoms with E-state index < -0.39 is 0 Å². The summed E-state index contributed by atoms with van der Waals surface area (Å²) in [5.41, 5.74) is 8.70. The molecule has 3 heterocycles. The van der Waals surface area contributed by atoms with Gasteiger partial charge in [-0.25, -0.2) is 14.8 Å². The molecule has 4 rings (SSSR count). The van der Waals surface area contributed by atoms with Gasteiger partial charge in [-0.1, -0.05) is 30.3 Å². The number of nitrogens with two attached hydrogens (primary N) is 1. The van der Waals surface area contributed by atoms with E-state index in [-0.39, 0.29) is 18.6 Å². The fraction of sp³-hybridized carbons (Fsp3) is 0.316. The molecule has 7 nitrogen and oxygen atoms in total. The van der Waals surface area contributed by atoms with Crippen molar-refractivity contribution in [1.82, 2.24) is 19.3 Å². The number of hydrogen-bond donors (Lipinski definition) is 1. The predicted octanol–water partition coefficient (Wildman–Crippen LogP) is 1.09. The van der Waals surface area contributed by atoms with E-state index in [1.54, 1.807) is 11.1 Å². The number of fused-ring (bicyclic) bond motifs is 1. The number of anilines is 1. The quantitative estimate of drug-likeness (QED) is 0.704. The number of rotatable bonds is 3. The van der Waals surface area contributed by atoms with E-state index in [1.807, 2.05) is 48.8 Å². The van der Waals surface area contributed by atoms with Crippen LogP contribution >= 0.6 is 0 Å². The van der Waals surface area contributed by atoms with Crippen molar-refractivity contribution >= 4 is 30.9 Å². The van der Waals surface area contributed by atoms with Crippen molar-refractivity contribution in [2.24, 2.45) is 0 Å². The Hall–Kier alpha value is -3.03. The molecule has 2 N–H and O–H groups in total. The summed E-state index contributed by atoms with van der Waals surface area (Å²) >= 11 is 0. The number of imidazole rings is 1. The molecule has 0 radical (unpaired) electrons. The fourth-order valence-electron chi connectivity index (χ4n) is 3.72. The Morgan fingerprint density at radius 2 is 2.15 bits per heavy atom. The van der Waals surface area contributed by atoms with Crippen molar-refractivity contribution in [3.05, 3.63) is 54.1 Å². The van der Waals surface area contributed by atoms with Crippen LogP contribution < -0.4 is 11.3 Å². The number of nitrogen functional groups attached to an aromatic ring is 1. The van der Waals surface area contributed by atoms with Crippen LogP contribution in [0.15, 0.2) is 42.7 Å². The fourth-order valence-corrected chi connectivity index (χ4v) is 3.72. The first-order chi connectivity index (χ1) is 13.1. The third kappa shape index (κ3) is 3.47. The van der Waals surface area contributed by atoms with E-state index in [1.165, 1.54) is 0 Å². The second-order valence-corrected chi connectivity index (χ2v) is 6.91. The lowest BCUT2D eigenvalue weighted by atomic mass is 9.97. The first kappa shape index (κ1) is 17.4.